The van der Waals surface area contributed by atoms with Gasteiger partial charge in [0, 0.05) is 17.8 Å². The van der Waals surface area contributed by atoms with Crippen LogP contribution >= 0.6 is 0 Å². The molecule has 0 fully saturated rings. The fourth-order valence-corrected chi connectivity index (χ4v) is 3.42. The van der Waals surface area contributed by atoms with Gasteiger partial charge in [0.05, 0.1) is 5.57 Å². The lowest BCUT2D eigenvalue weighted by Gasteiger charge is -2.19. The Morgan fingerprint density at radius 2 is 1.68 bits per heavy atom. The molecule has 1 N–H and O–H groups in total. The van der Waals surface area contributed by atoms with Crippen LogP contribution in [0.3, 0.4) is 0 Å². The normalized spacial score (nSPS) is 15.8. The van der Waals surface area contributed by atoms with Crippen LogP contribution in [0.5, 0.6) is 11.5 Å². The van der Waals surface area contributed by atoms with Crippen LogP contribution in [-0.2, 0) is 9.59 Å². The van der Waals surface area contributed by atoms with Crippen molar-refractivity contribution < 1.29 is 19.1 Å². The Morgan fingerprint density at radius 1 is 0.929 bits per heavy atom. The van der Waals surface area contributed by atoms with Crippen LogP contribution in [0.2, 0.25) is 0 Å². The van der Waals surface area contributed by atoms with E-state index in [-0.39, 0.29) is 30.3 Å². The second-order valence-electron chi connectivity index (χ2n) is 7.32. The van der Waals surface area contributed by atoms with Gasteiger partial charge in [0.1, 0.15) is 5.70 Å². The van der Waals surface area contributed by atoms with E-state index in [2.05, 4.69) is 5.32 Å². The molecule has 4 rings (SSSR count). The Labute approximate surface area is 163 Å². The first kappa shape index (κ1) is 18.1. The van der Waals surface area contributed by atoms with Gasteiger partial charge in [-0.15, -0.1) is 0 Å². The number of fused-ring (bicyclic) bond motifs is 1. The third-order valence-corrected chi connectivity index (χ3v) is 5.07. The van der Waals surface area contributed by atoms with E-state index in [1.807, 2.05) is 45.9 Å². The molecule has 144 valence electrons. The van der Waals surface area contributed by atoms with Crippen molar-refractivity contribution in [3.8, 4) is 11.5 Å². The van der Waals surface area contributed by atoms with Crippen molar-refractivity contribution in [3.63, 3.8) is 0 Å². The predicted molar refractivity (Wildman–Crippen MR) is 106 cm³/mol. The van der Waals surface area contributed by atoms with E-state index in [0.717, 1.165) is 16.7 Å². The number of ether oxygens (including phenoxy) is 2. The number of nitrogens with one attached hydrogen (secondary N) is 1. The molecule has 2 amide bonds. The Balaban J connectivity index is 1.80. The molecule has 2 heterocycles. The van der Waals surface area contributed by atoms with E-state index in [0.29, 0.717) is 22.8 Å². The van der Waals surface area contributed by atoms with Gasteiger partial charge >= 0.3 is 0 Å². The molecular weight excluding hydrogens is 356 g/mol. The molecule has 2 aliphatic heterocycles. The highest BCUT2D eigenvalue weighted by atomic mass is 16.7. The van der Waals surface area contributed by atoms with Gasteiger partial charge in [0.15, 0.2) is 11.5 Å². The second kappa shape index (κ2) is 6.71. The third-order valence-electron chi connectivity index (χ3n) is 5.07. The highest BCUT2D eigenvalue weighted by Crippen LogP contribution is 2.37. The van der Waals surface area contributed by atoms with E-state index in [1.165, 1.54) is 4.90 Å². The number of carbonyl (C=O) groups is 2. The van der Waals surface area contributed by atoms with E-state index in [4.69, 9.17) is 9.47 Å². The van der Waals surface area contributed by atoms with Crippen LogP contribution in [0.15, 0.2) is 42.1 Å². The molecule has 0 radical (unpaired) electrons. The van der Waals surface area contributed by atoms with Gasteiger partial charge in [-0.25, -0.2) is 0 Å². The fourth-order valence-electron chi connectivity index (χ4n) is 3.42. The molecule has 28 heavy (non-hydrogen) atoms. The monoisotopic (exact) mass is 378 g/mol. The van der Waals surface area contributed by atoms with Crippen molar-refractivity contribution in [3.05, 3.63) is 58.8 Å². The second-order valence-corrected chi connectivity index (χ2v) is 7.32. The lowest BCUT2D eigenvalue weighted by Crippen LogP contribution is -2.38. The van der Waals surface area contributed by atoms with Crippen LogP contribution in [0.25, 0.3) is 5.57 Å². The Hall–Kier alpha value is -3.28. The van der Waals surface area contributed by atoms with Crippen LogP contribution in [0, 0.1) is 13.8 Å². The fraction of sp³-hybridized carbons (Fsp3) is 0.273. The average Bonchev–Trinajstić information content (AvgIpc) is 3.20. The van der Waals surface area contributed by atoms with Crippen molar-refractivity contribution in [1.29, 1.82) is 0 Å². The molecule has 0 atom stereocenters. The van der Waals surface area contributed by atoms with E-state index < -0.39 is 0 Å². The summed E-state index contributed by atoms with van der Waals surface area (Å²) in [4.78, 5) is 27.5. The number of carbonyl (C=O) groups excluding carboxylic acids is 2. The van der Waals surface area contributed by atoms with E-state index >= 15 is 0 Å². The quantitative estimate of drug-likeness (QED) is 0.823. The van der Waals surface area contributed by atoms with Gasteiger partial charge in [0.2, 0.25) is 6.79 Å². The Kier molecular flexibility index (Phi) is 4.34. The Morgan fingerprint density at radius 3 is 2.39 bits per heavy atom. The molecule has 0 saturated heterocycles. The van der Waals surface area contributed by atoms with Gasteiger partial charge in [-0.05, 0) is 56.5 Å². The van der Waals surface area contributed by atoms with Crippen LogP contribution in [-0.4, -0.2) is 29.5 Å². The summed E-state index contributed by atoms with van der Waals surface area (Å²) in [7, 11) is 0. The van der Waals surface area contributed by atoms with Crippen molar-refractivity contribution in [2.45, 2.75) is 33.7 Å². The molecule has 2 aromatic rings. The maximum atomic E-state index is 13.1. The first-order valence-corrected chi connectivity index (χ1v) is 9.23. The standard InChI is InChI=1S/C22H22N2O4/c1-12(2)24-21(25)19(15-6-5-13(3)14(4)9-15)20(22(24)26)23-16-7-8-17-18(10-16)28-11-27-17/h5-10,12,23H,11H2,1-4H3. The molecule has 0 saturated carbocycles. The first-order chi connectivity index (χ1) is 13.4. The van der Waals surface area contributed by atoms with Crippen molar-refractivity contribution in [1.82, 2.24) is 4.90 Å². The summed E-state index contributed by atoms with van der Waals surface area (Å²) in [5, 5.41) is 3.15. The maximum Gasteiger partial charge on any atom is 0.278 e. The number of aryl methyl sites for hydroxylation is 2. The summed E-state index contributed by atoms with van der Waals surface area (Å²) in [5.41, 5.74) is 4.25. The zero-order chi connectivity index (χ0) is 20.0. The molecule has 6 heteroatoms. The minimum atomic E-state index is -0.328. The first-order valence-electron chi connectivity index (χ1n) is 9.23. The number of nitrogens with zero attached hydrogens (tertiary/aromatic N) is 1. The molecule has 0 unspecified atom stereocenters. The minimum Gasteiger partial charge on any atom is -0.454 e. The molecule has 0 aliphatic carbocycles. The lowest BCUT2D eigenvalue weighted by atomic mass is 9.99. The number of hydrogen-bond acceptors (Lipinski definition) is 5. The van der Waals surface area contributed by atoms with Gasteiger partial charge in [-0.2, -0.15) is 0 Å². The summed E-state index contributed by atoms with van der Waals surface area (Å²) in [6.07, 6.45) is 0. The lowest BCUT2D eigenvalue weighted by molar-refractivity contribution is -0.138. The van der Waals surface area contributed by atoms with Crippen LogP contribution in [0.1, 0.15) is 30.5 Å². The number of imide groups is 1. The van der Waals surface area contributed by atoms with Gasteiger partial charge < -0.3 is 14.8 Å². The van der Waals surface area contributed by atoms with Crippen molar-refractivity contribution in [2.24, 2.45) is 0 Å². The summed E-state index contributed by atoms with van der Waals surface area (Å²) >= 11 is 0. The summed E-state index contributed by atoms with van der Waals surface area (Å²) < 4.78 is 10.7. The zero-order valence-corrected chi connectivity index (χ0v) is 16.3. The van der Waals surface area contributed by atoms with E-state index in [1.54, 1.807) is 18.2 Å². The summed E-state index contributed by atoms with van der Waals surface area (Å²) in [6.45, 7) is 7.84. The summed E-state index contributed by atoms with van der Waals surface area (Å²) in [6, 6.07) is 10.9. The zero-order valence-electron chi connectivity index (χ0n) is 16.3. The smallest absolute Gasteiger partial charge is 0.278 e. The largest absolute Gasteiger partial charge is 0.454 e. The third kappa shape index (κ3) is 2.91. The molecule has 2 aromatic carbocycles. The highest BCUT2D eigenvalue weighted by Gasteiger charge is 2.40. The molecule has 2 aliphatic rings. The topological polar surface area (TPSA) is 67.9 Å². The minimum absolute atomic E-state index is 0.175. The molecule has 0 spiro atoms. The van der Waals surface area contributed by atoms with Gasteiger partial charge in [0.25, 0.3) is 11.8 Å². The number of hydrogen-bond donors (Lipinski definition) is 1. The Bertz CT molecular complexity index is 1020. The number of anilines is 1. The number of amides is 2. The van der Waals surface area contributed by atoms with Gasteiger partial charge in [-0.1, -0.05) is 18.2 Å². The SMILES string of the molecule is Cc1ccc(C2=C(Nc3ccc4c(c3)OCO4)C(=O)N(C(C)C)C2=O)cc1C. The molecule has 0 aromatic heterocycles. The highest BCUT2D eigenvalue weighted by molar-refractivity contribution is 6.36. The number of benzene rings is 2. The molecular formula is C22H22N2O4. The van der Waals surface area contributed by atoms with Crippen molar-refractivity contribution >= 4 is 23.1 Å². The maximum absolute atomic E-state index is 13.1. The molecule has 6 nitrogen and oxygen atoms in total. The van der Waals surface area contributed by atoms with E-state index in [9.17, 15) is 9.59 Å². The van der Waals surface area contributed by atoms with Crippen LogP contribution in [0.4, 0.5) is 5.69 Å². The van der Waals surface area contributed by atoms with Crippen molar-refractivity contribution in [2.75, 3.05) is 12.1 Å². The molecule has 0 bridgehead atoms. The van der Waals surface area contributed by atoms with Crippen LogP contribution < -0.4 is 14.8 Å². The van der Waals surface area contributed by atoms with Gasteiger partial charge in [-0.3, -0.25) is 14.5 Å². The average molecular weight is 378 g/mol. The summed E-state index contributed by atoms with van der Waals surface area (Å²) in [5.74, 6) is 0.653. The number of rotatable bonds is 4. The predicted octanol–water partition coefficient (Wildman–Crippen LogP) is 3.63.